The van der Waals surface area contributed by atoms with E-state index in [1.165, 1.54) is 22.7 Å². The molecule has 0 aliphatic carbocycles. The Bertz CT molecular complexity index is 1530. The molecule has 1 unspecified atom stereocenters. The van der Waals surface area contributed by atoms with Crippen LogP contribution in [0, 0.1) is 0 Å². The van der Waals surface area contributed by atoms with E-state index in [4.69, 9.17) is 16.3 Å². The molecule has 0 fully saturated rings. The van der Waals surface area contributed by atoms with Crippen molar-refractivity contribution in [2.45, 2.75) is 19.4 Å². The Morgan fingerprint density at radius 3 is 2.47 bits per heavy atom. The van der Waals surface area contributed by atoms with Crippen LogP contribution in [0.2, 0.25) is 5.02 Å². The minimum absolute atomic E-state index is 0.309. The first kappa shape index (κ1) is 24.1. The van der Waals surface area contributed by atoms with E-state index in [1.807, 2.05) is 60.0 Å². The van der Waals surface area contributed by atoms with Gasteiger partial charge >= 0.3 is 5.97 Å². The number of hydrogen-bond acceptors (Lipinski definition) is 7. The molecular formula is C27H20ClN3O3S2. The summed E-state index contributed by atoms with van der Waals surface area (Å²) in [5, 5.41) is 6.28. The Morgan fingerprint density at radius 1 is 0.972 bits per heavy atom. The van der Waals surface area contributed by atoms with Gasteiger partial charge in [0.05, 0.1) is 21.5 Å². The van der Waals surface area contributed by atoms with Crippen molar-refractivity contribution >= 4 is 61.5 Å². The van der Waals surface area contributed by atoms with Gasteiger partial charge in [-0.3, -0.25) is 10.1 Å². The van der Waals surface area contributed by atoms with Crippen molar-refractivity contribution in [2.75, 3.05) is 5.32 Å². The number of esters is 1. The summed E-state index contributed by atoms with van der Waals surface area (Å²) in [4.78, 5) is 35.2. The smallest absolute Gasteiger partial charge is 0.339 e. The highest BCUT2D eigenvalue weighted by atomic mass is 35.5. The molecule has 0 saturated heterocycles. The first-order chi connectivity index (χ1) is 17.5. The number of aromatic nitrogens is 2. The monoisotopic (exact) mass is 533 g/mol. The van der Waals surface area contributed by atoms with Crippen LogP contribution in [-0.4, -0.2) is 27.9 Å². The number of amides is 1. The van der Waals surface area contributed by atoms with Gasteiger partial charge in [-0.1, -0.05) is 67.1 Å². The third-order valence-corrected chi connectivity index (χ3v) is 7.62. The molecule has 0 spiro atoms. The van der Waals surface area contributed by atoms with Gasteiger partial charge in [-0.25, -0.2) is 14.8 Å². The fourth-order valence-electron chi connectivity index (χ4n) is 3.66. The number of hydrogen-bond donors (Lipinski definition) is 1. The number of benzene rings is 3. The summed E-state index contributed by atoms with van der Waals surface area (Å²) in [6.45, 7) is 1.79. The third-order valence-electron chi connectivity index (χ3n) is 5.47. The van der Waals surface area contributed by atoms with Gasteiger partial charge in [0.2, 0.25) is 0 Å². The number of nitrogens with zero attached hydrogens (tertiary/aromatic N) is 2. The number of nitrogens with one attached hydrogen (secondary N) is 1. The fourth-order valence-corrected chi connectivity index (χ4v) is 5.61. The van der Waals surface area contributed by atoms with Gasteiger partial charge in [0, 0.05) is 21.5 Å². The molecule has 5 rings (SSSR count). The molecule has 0 radical (unpaired) electrons. The molecule has 2 aromatic heterocycles. The van der Waals surface area contributed by atoms with Crippen LogP contribution in [-0.2, 0) is 9.53 Å². The fraction of sp³-hybridized carbons (Fsp3) is 0.111. The van der Waals surface area contributed by atoms with Crippen molar-refractivity contribution < 1.29 is 14.3 Å². The highest BCUT2D eigenvalue weighted by Gasteiger charge is 2.25. The number of carbonyl (C=O) groups excluding carboxylic acids is 2. The normalized spacial score (nSPS) is 11.8. The summed E-state index contributed by atoms with van der Waals surface area (Å²) in [5.41, 5.74) is 3.34. The second-order valence-corrected chi connectivity index (χ2v) is 10.1. The van der Waals surface area contributed by atoms with E-state index in [1.54, 1.807) is 25.1 Å². The number of thiazole rings is 2. The SMILES string of the molecule is CCC(OC(=O)c1ccccc1-c1nc2ccccc2s1)C(=O)Nc1nc(-c2ccccc2Cl)cs1. The maximum absolute atomic E-state index is 13.2. The maximum atomic E-state index is 13.2. The first-order valence-corrected chi connectivity index (χ1v) is 13.3. The lowest BCUT2D eigenvalue weighted by molar-refractivity contribution is -0.124. The standard InChI is InChI=1S/C27H20ClN3O3S2/c1-2-22(24(32)31-27-30-21(15-35-27)18-11-5-6-12-19(18)28)34-26(33)17-10-4-3-9-16(17)25-29-20-13-7-8-14-23(20)36-25/h3-15,22H,2H2,1H3,(H,30,31,32). The number of anilines is 1. The van der Waals surface area contributed by atoms with Crippen LogP contribution in [0.5, 0.6) is 0 Å². The van der Waals surface area contributed by atoms with Crippen molar-refractivity contribution in [3.63, 3.8) is 0 Å². The van der Waals surface area contributed by atoms with Gasteiger partial charge in [-0.05, 0) is 30.7 Å². The Labute approximate surface area is 220 Å². The quantitative estimate of drug-likeness (QED) is 0.222. The molecule has 3 aromatic carbocycles. The summed E-state index contributed by atoms with van der Waals surface area (Å²) in [7, 11) is 0. The molecule has 0 aliphatic heterocycles. The van der Waals surface area contributed by atoms with E-state index >= 15 is 0 Å². The van der Waals surface area contributed by atoms with Crippen molar-refractivity contribution in [1.82, 2.24) is 9.97 Å². The lowest BCUT2D eigenvalue weighted by Gasteiger charge is -2.16. The van der Waals surface area contributed by atoms with E-state index in [9.17, 15) is 9.59 Å². The van der Waals surface area contributed by atoms with E-state index < -0.39 is 18.0 Å². The lowest BCUT2D eigenvalue weighted by Crippen LogP contribution is -2.32. The molecule has 0 bridgehead atoms. The topological polar surface area (TPSA) is 81.2 Å². The van der Waals surface area contributed by atoms with E-state index in [2.05, 4.69) is 15.3 Å². The Balaban J connectivity index is 1.32. The Morgan fingerprint density at radius 2 is 1.69 bits per heavy atom. The highest BCUT2D eigenvalue weighted by Crippen LogP contribution is 2.33. The van der Waals surface area contributed by atoms with Crippen LogP contribution in [0.3, 0.4) is 0 Å². The van der Waals surface area contributed by atoms with E-state index in [-0.39, 0.29) is 0 Å². The second kappa shape index (κ2) is 10.6. The lowest BCUT2D eigenvalue weighted by atomic mass is 10.1. The predicted octanol–water partition coefficient (Wildman–Crippen LogP) is 7.31. The zero-order chi connectivity index (χ0) is 25.1. The van der Waals surface area contributed by atoms with E-state index in [0.29, 0.717) is 33.4 Å². The van der Waals surface area contributed by atoms with Gasteiger partial charge in [0.25, 0.3) is 5.91 Å². The summed E-state index contributed by atoms with van der Waals surface area (Å²) in [6.07, 6.45) is -0.669. The average molecular weight is 534 g/mol. The first-order valence-electron chi connectivity index (χ1n) is 11.2. The van der Waals surface area contributed by atoms with Gasteiger partial charge in [-0.15, -0.1) is 22.7 Å². The molecular weight excluding hydrogens is 514 g/mol. The molecule has 1 N–H and O–H groups in total. The van der Waals surface area contributed by atoms with Crippen molar-refractivity contribution in [3.8, 4) is 21.8 Å². The highest BCUT2D eigenvalue weighted by molar-refractivity contribution is 7.21. The third kappa shape index (κ3) is 5.02. The van der Waals surface area contributed by atoms with Gasteiger partial charge in [0.1, 0.15) is 5.01 Å². The predicted molar refractivity (Wildman–Crippen MR) is 146 cm³/mol. The van der Waals surface area contributed by atoms with Crippen LogP contribution < -0.4 is 5.32 Å². The van der Waals surface area contributed by atoms with Crippen molar-refractivity contribution in [2.24, 2.45) is 0 Å². The number of carbonyl (C=O) groups is 2. The second-order valence-electron chi connectivity index (χ2n) is 7.84. The number of para-hydroxylation sites is 1. The minimum atomic E-state index is -0.978. The summed E-state index contributed by atoms with van der Waals surface area (Å²) < 4.78 is 6.68. The molecule has 9 heteroatoms. The van der Waals surface area contributed by atoms with Gasteiger partial charge in [-0.2, -0.15) is 0 Å². The van der Waals surface area contributed by atoms with Gasteiger partial charge in [0.15, 0.2) is 11.2 Å². The average Bonchev–Trinajstić information content (AvgIpc) is 3.54. The van der Waals surface area contributed by atoms with Crippen LogP contribution in [0.4, 0.5) is 5.13 Å². The molecule has 180 valence electrons. The van der Waals surface area contributed by atoms with Crippen LogP contribution in [0.25, 0.3) is 32.0 Å². The summed E-state index contributed by atoms with van der Waals surface area (Å²) in [6, 6.07) is 22.3. The van der Waals surface area contributed by atoms with Crippen LogP contribution in [0.1, 0.15) is 23.7 Å². The summed E-state index contributed by atoms with van der Waals surface area (Å²) in [5.74, 6) is -1.02. The molecule has 6 nitrogen and oxygen atoms in total. The summed E-state index contributed by atoms with van der Waals surface area (Å²) >= 11 is 9.04. The minimum Gasteiger partial charge on any atom is -0.449 e. The number of rotatable bonds is 7. The molecule has 1 atom stereocenters. The maximum Gasteiger partial charge on any atom is 0.339 e. The molecule has 36 heavy (non-hydrogen) atoms. The van der Waals surface area contributed by atoms with Crippen molar-refractivity contribution in [3.05, 3.63) is 88.8 Å². The van der Waals surface area contributed by atoms with Crippen LogP contribution >= 0.6 is 34.3 Å². The molecule has 0 aliphatic rings. The van der Waals surface area contributed by atoms with Gasteiger partial charge < -0.3 is 4.74 Å². The molecule has 5 aromatic rings. The van der Waals surface area contributed by atoms with Crippen LogP contribution in [0.15, 0.2) is 78.2 Å². The zero-order valence-corrected chi connectivity index (χ0v) is 21.5. The van der Waals surface area contributed by atoms with E-state index in [0.717, 1.165) is 20.8 Å². The Hall–Kier alpha value is -3.59. The number of halogens is 1. The molecule has 1 amide bonds. The molecule has 0 saturated carbocycles. The number of fused-ring (bicyclic) bond motifs is 1. The number of ether oxygens (including phenoxy) is 1. The molecule has 2 heterocycles. The zero-order valence-electron chi connectivity index (χ0n) is 19.1. The van der Waals surface area contributed by atoms with Crippen molar-refractivity contribution in [1.29, 1.82) is 0 Å². The largest absolute Gasteiger partial charge is 0.449 e. The Kier molecular flexibility index (Phi) is 7.09.